The average Bonchev–Trinajstić information content (AvgIpc) is 2.73. The highest BCUT2D eigenvalue weighted by molar-refractivity contribution is 5.98. The van der Waals surface area contributed by atoms with Crippen LogP contribution in [0.3, 0.4) is 0 Å². The van der Waals surface area contributed by atoms with E-state index >= 15 is 0 Å². The fourth-order valence-electron chi connectivity index (χ4n) is 3.74. The van der Waals surface area contributed by atoms with Gasteiger partial charge in [-0.2, -0.15) is 5.26 Å². The lowest BCUT2D eigenvalue weighted by molar-refractivity contribution is -0.132. The molecule has 5 nitrogen and oxygen atoms in total. The molecule has 0 N–H and O–H groups in total. The van der Waals surface area contributed by atoms with Crippen LogP contribution in [-0.2, 0) is 16.0 Å². The van der Waals surface area contributed by atoms with E-state index in [1.54, 1.807) is 24.3 Å². The van der Waals surface area contributed by atoms with E-state index < -0.39 is 0 Å². The van der Waals surface area contributed by atoms with Crippen molar-refractivity contribution in [1.29, 1.82) is 5.26 Å². The molecule has 5 heteroatoms. The predicted molar refractivity (Wildman–Crippen MR) is 109 cm³/mol. The molecular formula is C23H25N3O2. The van der Waals surface area contributed by atoms with Gasteiger partial charge in [0.1, 0.15) is 12.6 Å². The number of hydrogen-bond donors (Lipinski definition) is 0. The Morgan fingerprint density at radius 1 is 1.07 bits per heavy atom. The summed E-state index contributed by atoms with van der Waals surface area (Å²) in [6.45, 7) is 2.81. The summed E-state index contributed by atoms with van der Waals surface area (Å²) >= 11 is 0. The molecule has 0 aromatic heterocycles. The Bertz CT molecular complexity index is 865. The van der Waals surface area contributed by atoms with Crippen LogP contribution >= 0.6 is 0 Å². The van der Waals surface area contributed by atoms with Crippen LogP contribution in [0.1, 0.15) is 30.9 Å². The lowest BCUT2D eigenvalue weighted by Crippen LogP contribution is -2.45. The van der Waals surface area contributed by atoms with Crippen molar-refractivity contribution in [3.63, 3.8) is 0 Å². The first-order valence-corrected chi connectivity index (χ1v) is 9.67. The first-order chi connectivity index (χ1) is 13.6. The van der Waals surface area contributed by atoms with Crippen molar-refractivity contribution in [3.05, 3.63) is 65.7 Å². The molecule has 1 saturated heterocycles. The highest BCUT2D eigenvalue weighted by Crippen LogP contribution is 2.23. The van der Waals surface area contributed by atoms with Crippen molar-refractivity contribution in [2.75, 3.05) is 24.5 Å². The van der Waals surface area contributed by atoms with E-state index in [1.807, 2.05) is 11.0 Å². The molecule has 0 unspecified atom stereocenters. The lowest BCUT2D eigenvalue weighted by Gasteiger charge is -2.33. The van der Waals surface area contributed by atoms with Crippen LogP contribution in [0.25, 0.3) is 0 Å². The van der Waals surface area contributed by atoms with Gasteiger partial charge in [-0.05, 0) is 42.9 Å². The Labute approximate surface area is 166 Å². The number of rotatable bonds is 5. The van der Waals surface area contributed by atoms with E-state index in [9.17, 15) is 14.9 Å². The highest BCUT2D eigenvalue weighted by Gasteiger charge is 2.26. The first kappa shape index (κ1) is 19.6. The summed E-state index contributed by atoms with van der Waals surface area (Å²) in [5.74, 6) is 0.269. The van der Waals surface area contributed by atoms with Crippen LogP contribution in [0.5, 0.6) is 0 Å². The molecule has 2 aromatic rings. The van der Waals surface area contributed by atoms with E-state index in [-0.39, 0.29) is 18.4 Å². The van der Waals surface area contributed by atoms with Gasteiger partial charge in [0.05, 0.1) is 11.3 Å². The number of nitriles is 1. The molecular weight excluding hydrogens is 350 g/mol. The number of carbonyl (C=O) groups excluding carboxylic acids is 2. The van der Waals surface area contributed by atoms with Crippen LogP contribution in [-0.4, -0.2) is 36.3 Å². The molecule has 2 aromatic carbocycles. The largest absolute Gasteiger partial charge is 0.341 e. The Kier molecular flexibility index (Phi) is 6.44. The molecule has 28 heavy (non-hydrogen) atoms. The zero-order chi connectivity index (χ0) is 19.9. The van der Waals surface area contributed by atoms with E-state index in [4.69, 9.17) is 0 Å². The van der Waals surface area contributed by atoms with Crippen LogP contribution in [0.2, 0.25) is 0 Å². The van der Waals surface area contributed by atoms with Crippen molar-refractivity contribution in [2.45, 2.75) is 26.2 Å². The molecule has 0 saturated carbocycles. The fraction of sp³-hybridized carbons (Fsp3) is 0.348. The lowest BCUT2D eigenvalue weighted by atomic mass is 9.90. The zero-order valence-corrected chi connectivity index (χ0v) is 16.2. The highest BCUT2D eigenvalue weighted by atomic mass is 16.2. The van der Waals surface area contributed by atoms with Gasteiger partial charge in [0.15, 0.2) is 0 Å². The summed E-state index contributed by atoms with van der Waals surface area (Å²) in [4.78, 5) is 28.2. The van der Waals surface area contributed by atoms with Crippen molar-refractivity contribution < 1.29 is 9.59 Å². The number of nitrogens with zero attached hydrogens (tertiary/aromatic N) is 3. The number of carbonyl (C=O) groups is 2. The topological polar surface area (TPSA) is 64.4 Å². The third-order valence-corrected chi connectivity index (χ3v) is 5.32. The third-order valence-electron chi connectivity index (χ3n) is 5.32. The number of likely N-dealkylation sites (tertiary alicyclic amines) is 1. The van der Waals surface area contributed by atoms with E-state index in [0.717, 1.165) is 19.3 Å². The number of anilines is 1. The van der Waals surface area contributed by atoms with Gasteiger partial charge in [0.25, 0.3) is 0 Å². The average molecular weight is 375 g/mol. The van der Waals surface area contributed by atoms with E-state index in [1.165, 1.54) is 17.4 Å². The minimum Gasteiger partial charge on any atom is -0.341 e. The molecule has 1 aliphatic heterocycles. The standard InChI is InChI=1S/C23H25N3O2/c1-18(27)26(22-10-6-5-9-21(22)16-24)17-23(28)25-13-11-20(12-14-25)15-19-7-3-2-4-8-19/h2-10,20H,11-15,17H2,1H3. The molecule has 3 rings (SSSR count). The summed E-state index contributed by atoms with van der Waals surface area (Å²) in [5.41, 5.74) is 2.22. The second kappa shape index (κ2) is 9.18. The Balaban J connectivity index is 1.60. The monoisotopic (exact) mass is 375 g/mol. The van der Waals surface area contributed by atoms with Crippen molar-refractivity contribution in [3.8, 4) is 6.07 Å². The number of hydrogen-bond acceptors (Lipinski definition) is 3. The van der Waals surface area contributed by atoms with Gasteiger partial charge in [-0.1, -0.05) is 42.5 Å². The van der Waals surface area contributed by atoms with Gasteiger partial charge in [-0.15, -0.1) is 0 Å². The minimum atomic E-state index is -0.241. The first-order valence-electron chi connectivity index (χ1n) is 9.67. The van der Waals surface area contributed by atoms with E-state index in [2.05, 4.69) is 30.3 Å². The van der Waals surface area contributed by atoms with Crippen molar-refractivity contribution >= 4 is 17.5 Å². The molecule has 1 heterocycles. The van der Waals surface area contributed by atoms with Crippen LogP contribution in [0, 0.1) is 17.2 Å². The SMILES string of the molecule is CC(=O)N(CC(=O)N1CCC(Cc2ccccc2)CC1)c1ccccc1C#N. The number of benzene rings is 2. The second-order valence-electron chi connectivity index (χ2n) is 7.25. The predicted octanol–water partition coefficient (Wildman–Crippen LogP) is 3.39. The summed E-state index contributed by atoms with van der Waals surface area (Å²) in [5, 5.41) is 9.30. The Morgan fingerprint density at radius 3 is 2.36 bits per heavy atom. The summed E-state index contributed by atoms with van der Waals surface area (Å²) < 4.78 is 0. The van der Waals surface area contributed by atoms with E-state index in [0.29, 0.717) is 30.3 Å². The molecule has 0 spiro atoms. The summed E-state index contributed by atoms with van der Waals surface area (Å²) in [6.07, 6.45) is 2.98. The van der Waals surface area contributed by atoms with Crippen LogP contribution in [0.4, 0.5) is 5.69 Å². The van der Waals surface area contributed by atoms with Gasteiger partial charge >= 0.3 is 0 Å². The van der Waals surface area contributed by atoms with Gasteiger partial charge in [-0.3, -0.25) is 9.59 Å². The molecule has 2 amide bonds. The summed E-state index contributed by atoms with van der Waals surface area (Å²) in [6, 6.07) is 19.4. The molecule has 144 valence electrons. The quantitative estimate of drug-likeness (QED) is 0.805. The molecule has 1 aliphatic rings. The maximum Gasteiger partial charge on any atom is 0.242 e. The van der Waals surface area contributed by atoms with Gasteiger partial charge < -0.3 is 9.80 Å². The Hall–Kier alpha value is -3.13. The smallest absolute Gasteiger partial charge is 0.242 e. The van der Waals surface area contributed by atoms with Gasteiger partial charge in [-0.25, -0.2) is 0 Å². The summed E-state index contributed by atoms with van der Waals surface area (Å²) in [7, 11) is 0. The molecule has 1 fully saturated rings. The fourth-order valence-corrected chi connectivity index (χ4v) is 3.74. The second-order valence-corrected chi connectivity index (χ2v) is 7.25. The number of piperidine rings is 1. The molecule has 0 radical (unpaired) electrons. The van der Waals surface area contributed by atoms with Gasteiger partial charge in [0, 0.05) is 20.0 Å². The Morgan fingerprint density at radius 2 is 1.71 bits per heavy atom. The number of para-hydroxylation sites is 1. The van der Waals surface area contributed by atoms with Crippen molar-refractivity contribution in [1.82, 2.24) is 4.90 Å². The molecule has 0 bridgehead atoms. The number of amides is 2. The minimum absolute atomic E-state index is 0.0304. The maximum absolute atomic E-state index is 12.8. The normalized spacial score (nSPS) is 14.4. The zero-order valence-electron chi connectivity index (χ0n) is 16.2. The van der Waals surface area contributed by atoms with Crippen LogP contribution < -0.4 is 4.90 Å². The molecule has 0 aliphatic carbocycles. The van der Waals surface area contributed by atoms with Crippen molar-refractivity contribution in [2.24, 2.45) is 5.92 Å². The maximum atomic E-state index is 12.8. The molecule has 0 atom stereocenters. The van der Waals surface area contributed by atoms with Crippen LogP contribution in [0.15, 0.2) is 54.6 Å². The van der Waals surface area contributed by atoms with Gasteiger partial charge in [0.2, 0.25) is 11.8 Å². The third kappa shape index (κ3) is 4.77.